The Morgan fingerprint density at radius 1 is 0.885 bits per heavy atom. The zero-order chi connectivity index (χ0) is 17.5. The first-order valence-corrected chi connectivity index (χ1v) is 9.23. The van der Waals surface area contributed by atoms with Gasteiger partial charge < -0.3 is 9.15 Å². The largest absolute Gasteiger partial charge is 0.456 e. The molecule has 0 aliphatic carbocycles. The lowest BCUT2D eigenvalue weighted by Gasteiger charge is -2.24. The van der Waals surface area contributed by atoms with Crippen molar-refractivity contribution in [1.29, 1.82) is 0 Å². The lowest BCUT2D eigenvalue weighted by Crippen LogP contribution is -2.19. The van der Waals surface area contributed by atoms with Gasteiger partial charge >= 0.3 is 5.63 Å². The normalized spacial score (nSPS) is 16.0. The summed E-state index contributed by atoms with van der Waals surface area (Å²) in [6.07, 6.45) is 2.01. The first kappa shape index (κ1) is 15.2. The third-order valence-electron chi connectivity index (χ3n) is 4.55. The molecule has 1 unspecified atom stereocenters. The summed E-state index contributed by atoms with van der Waals surface area (Å²) in [6.45, 7) is 0. The molecule has 2 aromatic carbocycles. The molecule has 0 amide bonds. The Balaban J connectivity index is 1.81. The Bertz CT molecular complexity index is 1170. The Labute approximate surface area is 153 Å². The Morgan fingerprint density at radius 3 is 2.50 bits per heavy atom. The van der Waals surface area contributed by atoms with Crippen molar-refractivity contribution in [2.24, 2.45) is 0 Å². The van der Waals surface area contributed by atoms with Crippen LogP contribution in [0.25, 0.3) is 16.7 Å². The average molecular weight is 358 g/mol. The van der Waals surface area contributed by atoms with E-state index in [0.717, 1.165) is 21.6 Å². The number of hydrogen-bond donors (Lipinski definition) is 0. The summed E-state index contributed by atoms with van der Waals surface area (Å²) in [5.74, 6) is 1.17. The second-order valence-corrected chi connectivity index (χ2v) is 7.10. The van der Waals surface area contributed by atoms with Gasteiger partial charge in [-0.1, -0.05) is 48.5 Å². The summed E-state index contributed by atoms with van der Waals surface area (Å²) in [5, 5.41) is 2.83. The molecule has 0 N–H and O–H groups in total. The number of para-hydroxylation sites is 1. The van der Waals surface area contributed by atoms with E-state index in [1.54, 1.807) is 17.4 Å². The summed E-state index contributed by atoms with van der Waals surface area (Å²) in [6, 6.07) is 21.5. The molecule has 0 bridgehead atoms. The number of hydrogen-bond acceptors (Lipinski definition) is 4. The van der Waals surface area contributed by atoms with Gasteiger partial charge in [-0.2, -0.15) is 0 Å². The zero-order valence-corrected chi connectivity index (χ0v) is 14.5. The first-order chi connectivity index (χ1) is 12.8. The number of rotatable bonds is 2. The Kier molecular flexibility index (Phi) is 3.50. The number of fused-ring (bicyclic) bond motifs is 3. The molecule has 0 radical (unpaired) electrons. The van der Waals surface area contributed by atoms with Crippen molar-refractivity contribution in [3.8, 4) is 5.75 Å². The van der Waals surface area contributed by atoms with Gasteiger partial charge in [0.05, 0.1) is 16.9 Å². The minimum atomic E-state index is -0.347. The highest BCUT2D eigenvalue weighted by molar-refractivity contribution is 7.10. The minimum absolute atomic E-state index is 0.185. The van der Waals surface area contributed by atoms with Crippen LogP contribution in [0.2, 0.25) is 0 Å². The highest BCUT2D eigenvalue weighted by atomic mass is 32.1. The van der Waals surface area contributed by atoms with Crippen LogP contribution in [0.4, 0.5) is 0 Å². The maximum Gasteiger partial charge on any atom is 0.344 e. The number of allylic oxidation sites excluding steroid dienone is 1. The number of ether oxygens (including phenoxy) is 1. The molecule has 1 atom stereocenters. The fourth-order valence-electron chi connectivity index (χ4n) is 3.34. The van der Waals surface area contributed by atoms with E-state index in [2.05, 4.69) is 0 Å². The van der Waals surface area contributed by atoms with Gasteiger partial charge in [-0.05, 0) is 29.7 Å². The van der Waals surface area contributed by atoms with Gasteiger partial charge in [0.25, 0.3) is 0 Å². The van der Waals surface area contributed by atoms with E-state index in [-0.39, 0.29) is 11.5 Å². The van der Waals surface area contributed by atoms with E-state index in [1.807, 2.05) is 72.1 Å². The molecule has 1 aliphatic heterocycles. The molecule has 0 fully saturated rings. The molecular weight excluding hydrogens is 344 g/mol. The lowest BCUT2D eigenvalue weighted by atomic mass is 9.92. The molecule has 0 saturated carbocycles. The SMILES string of the molecule is O=c1oc2ccccc2c2c1C(c1cccs1)C=C(c1ccccc1)O2. The predicted octanol–water partition coefficient (Wildman–Crippen LogP) is 5.42. The lowest BCUT2D eigenvalue weighted by molar-refractivity contribution is 0.473. The van der Waals surface area contributed by atoms with E-state index >= 15 is 0 Å². The van der Waals surface area contributed by atoms with Crippen molar-refractivity contribution in [3.63, 3.8) is 0 Å². The van der Waals surface area contributed by atoms with Crippen molar-refractivity contribution >= 4 is 28.1 Å². The molecule has 4 heteroatoms. The topological polar surface area (TPSA) is 39.4 Å². The highest BCUT2D eigenvalue weighted by Crippen LogP contribution is 2.43. The van der Waals surface area contributed by atoms with E-state index in [9.17, 15) is 4.79 Å². The van der Waals surface area contributed by atoms with Crippen LogP contribution in [0.1, 0.15) is 21.9 Å². The van der Waals surface area contributed by atoms with Gasteiger partial charge in [0.2, 0.25) is 0 Å². The van der Waals surface area contributed by atoms with Crippen molar-refractivity contribution in [2.45, 2.75) is 5.92 Å². The fraction of sp³-hybridized carbons (Fsp3) is 0.0455. The molecular formula is C22H14O3S. The van der Waals surface area contributed by atoms with Crippen molar-refractivity contribution in [2.75, 3.05) is 0 Å². The van der Waals surface area contributed by atoms with Crippen LogP contribution in [-0.2, 0) is 0 Å². The van der Waals surface area contributed by atoms with Crippen LogP contribution in [0.5, 0.6) is 5.75 Å². The molecule has 0 saturated heterocycles. The van der Waals surface area contributed by atoms with Gasteiger partial charge in [-0.15, -0.1) is 11.3 Å². The van der Waals surface area contributed by atoms with E-state index in [4.69, 9.17) is 9.15 Å². The van der Waals surface area contributed by atoms with Gasteiger partial charge in [0, 0.05) is 10.4 Å². The minimum Gasteiger partial charge on any atom is -0.456 e. The molecule has 1 aliphatic rings. The zero-order valence-electron chi connectivity index (χ0n) is 13.7. The van der Waals surface area contributed by atoms with Crippen molar-refractivity contribution < 1.29 is 9.15 Å². The van der Waals surface area contributed by atoms with Gasteiger partial charge in [-0.3, -0.25) is 0 Å². The van der Waals surface area contributed by atoms with E-state index < -0.39 is 0 Å². The summed E-state index contributed by atoms with van der Waals surface area (Å²) in [4.78, 5) is 13.8. The van der Waals surface area contributed by atoms with Gasteiger partial charge in [-0.25, -0.2) is 4.79 Å². The van der Waals surface area contributed by atoms with Crippen LogP contribution in [0, 0.1) is 0 Å². The Morgan fingerprint density at radius 2 is 1.69 bits per heavy atom. The van der Waals surface area contributed by atoms with E-state index in [1.165, 1.54) is 0 Å². The predicted molar refractivity (Wildman–Crippen MR) is 104 cm³/mol. The molecule has 0 spiro atoms. The van der Waals surface area contributed by atoms with Crippen LogP contribution in [0.15, 0.2) is 87.4 Å². The summed E-state index contributed by atoms with van der Waals surface area (Å²) in [5.41, 5.74) is 1.74. The molecule has 3 nitrogen and oxygen atoms in total. The first-order valence-electron chi connectivity index (χ1n) is 8.35. The Hall–Kier alpha value is -3.11. The smallest absolute Gasteiger partial charge is 0.344 e. The standard InChI is InChI=1S/C22H14O3S/c23-22-20-16(19-11-6-12-26-19)13-18(14-7-2-1-3-8-14)24-21(20)15-9-4-5-10-17(15)25-22/h1-13,16H. The second kappa shape index (κ2) is 6.00. The fourth-order valence-corrected chi connectivity index (χ4v) is 4.15. The van der Waals surface area contributed by atoms with Crippen molar-refractivity contribution in [3.05, 3.63) is 105 Å². The third kappa shape index (κ3) is 2.38. The average Bonchev–Trinajstić information content (AvgIpc) is 3.23. The molecule has 126 valence electrons. The third-order valence-corrected chi connectivity index (χ3v) is 5.50. The summed E-state index contributed by atoms with van der Waals surface area (Å²) < 4.78 is 11.8. The van der Waals surface area contributed by atoms with Crippen LogP contribution >= 0.6 is 11.3 Å². The van der Waals surface area contributed by atoms with Crippen LogP contribution in [0.3, 0.4) is 0 Å². The van der Waals surface area contributed by atoms with E-state index in [0.29, 0.717) is 16.9 Å². The van der Waals surface area contributed by atoms with Crippen molar-refractivity contribution in [1.82, 2.24) is 0 Å². The van der Waals surface area contributed by atoms with Crippen LogP contribution < -0.4 is 10.4 Å². The molecule has 2 aromatic heterocycles. The highest BCUT2D eigenvalue weighted by Gasteiger charge is 2.30. The molecule has 26 heavy (non-hydrogen) atoms. The summed E-state index contributed by atoms with van der Waals surface area (Å²) in [7, 11) is 0. The van der Waals surface area contributed by atoms with Gasteiger partial charge in [0.15, 0.2) is 0 Å². The number of thiophene rings is 1. The maximum atomic E-state index is 12.8. The number of benzene rings is 2. The molecule has 5 rings (SSSR count). The second-order valence-electron chi connectivity index (χ2n) is 6.12. The van der Waals surface area contributed by atoms with Gasteiger partial charge in [0.1, 0.15) is 17.1 Å². The quantitative estimate of drug-likeness (QED) is 0.449. The molecule has 4 aromatic rings. The van der Waals surface area contributed by atoms with Crippen LogP contribution in [-0.4, -0.2) is 0 Å². The molecule has 3 heterocycles. The maximum absolute atomic E-state index is 12.8. The monoisotopic (exact) mass is 358 g/mol. The summed E-state index contributed by atoms with van der Waals surface area (Å²) >= 11 is 1.62.